The van der Waals surface area contributed by atoms with Crippen LogP contribution >= 0.6 is 11.8 Å². The number of ether oxygens (including phenoxy) is 2. The Morgan fingerprint density at radius 2 is 1.66 bits per heavy atom. The molecule has 3 aromatic carbocycles. The molecule has 196 valence electrons. The van der Waals surface area contributed by atoms with Crippen molar-refractivity contribution >= 4 is 29.3 Å². The fourth-order valence-electron chi connectivity index (χ4n) is 3.61. The first kappa shape index (κ1) is 26.7. The van der Waals surface area contributed by atoms with Crippen LogP contribution in [-0.2, 0) is 22.6 Å². The number of hydrogen-bond acceptors (Lipinski definition) is 7. The van der Waals surface area contributed by atoms with Crippen LogP contribution in [0.15, 0.2) is 78.0 Å². The molecule has 2 N–H and O–H groups in total. The van der Waals surface area contributed by atoms with Gasteiger partial charge in [0.25, 0.3) is 0 Å². The summed E-state index contributed by atoms with van der Waals surface area (Å²) in [7, 11) is 3.13. The molecular weight excluding hydrogens is 509 g/mol. The van der Waals surface area contributed by atoms with Gasteiger partial charge < -0.3 is 20.1 Å². The Morgan fingerprint density at radius 3 is 2.39 bits per heavy atom. The van der Waals surface area contributed by atoms with E-state index in [0.29, 0.717) is 28.2 Å². The lowest BCUT2D eigenvalue weighted by atomic mass is 10.1. The van der Waals surface area contributed by atoms with Gasteiger partial charge in [-0.2, -0.15) is 0 Å². The number of para-hydroxylation sites is 3. The van der Waals surface area contributed by atoms with E-state index < -0.39 is 11.7 Å². The van der Waals surface area contributed by atoms with Crippen LogP contribution in [0.5, 0.6) is 11.5 Å². The zero-order valence-electron chi connectivity index (χ0n) is 20.8. The van der Waals surface area contributed by atoms with Crippen molar-refractivity contribution in [2.75, 3.05) is 25.3 Å². The topological polar surface area (TPSA) is 107 Å². The van der Waals surface area contributed by atoms with Gasteiger partial charge in [-0.1, -0.05) is 48.2 Å². The number of aromatic nitrogens is 3. The van der Waals surface area contributed by atoms with Gasteiger partial charge in [0.15, 0.2) is 11.0 Å². The van der Waals surface area contributed by atoms with Crippen LogP contribution in [0, 0.1) is 5.82 Å². The summed E-state index contributed by atoms with van der Waals surface area (Å²) in [5.74, 6) is 0.589. The van der Waals surface area contributed by atoms with Gasteiger partial charge in [0.1, 0.15) is 17.3 Å². The number of amides is 2. The average Bonchev–Trinajstić information content (AvgIpc) is 3.35. The number of hydrogen-bond donors (Lipinski definition) is 2. The van der Waals surface area contributed by atoms with Crippen molar-refractivity contribution in [3.05, 3.63) is 90.0 Å². The highest BCUT2D eigenvalue weighted by molar-refractivity contribution is 7.99. The van der Waals surface area contributed by atoms with Gasteiger partial charge in [0, 0.05) is 0 Å². The summed E-state index contributed by atoms with van der Waals surface area (Å²) < 4.78 is 26.3. The van der Waals surface area contributed by atoms with Gasteiger partial charge in [0.05, 0.1) is 44.3 Å². The number of carbonyl (C=O) groups is 2. The molecule has 0 bridgehead atoms. The number of nitrogens with zero attached hydrogens (tertiary/aromatic N) is 3. The lowest BCUT2D eigenvalue weighted by Gasteiger charge is -2.14. The van der Waals surface area contributed by atoms with Gasteiger partial charge in [-0.05, 0) is 42.0 Å². The smallest absolute Gasteiger partial charge is 0.234 e. The zero-order valence-corrected chi connectivity index (χ0v) is 21.6. The van der Waals surface area contributed by atoms with E-state index in [1.807, 2.05) is 30.3 Å². The van der Waals surface area contributed by atoms with Gasteiger partial charge in [-0.3, -0.25) is 14.2 Å². The summed E-state index contributed by atoms with van der Waals surface area (Å²) in [6, 6.07) is 20.5. The van der Waals surface area contributed by atoms with Crippen molar-refractivity contribution in [1.29, 1.82) is 0 Å². The number of nitrogens with one attached hydrogen (secondary N) is 2. The van der Waals surface area contributed by atoms with Crippen LogP contribution in [-0.4, -0.2) is 46.6 Å². The van der Waals surface area contributed by atoms with E-state index in [2.05, 4.69) is 20.8 Å². The van der Waals surface area contributed by atoms with E-state index in [0.717, 1.165) is 17.3 Å². The number of anilines is 1. The van der Waals surface area contributed by atoms with Crippen molar-refractivity contribution in [1.82, 2.24) is 20.1 Å². The van der Waals surface area contributed by atoms with E-state index in [4.69, 9.17) is 9.47 Å². The first-order chi connectivity index (χ1) is 18.5. The first-order valence-corrected chi connectivity index (χ1v) is 12.6. The molecule has 4 rings (SSSR count). The Bertz CT molecular complexity index is 1410. The molecule has 2 amide bonds. The number of carbonyl (C=O) groups excluding carboxylic acids is 2. The number of rotatable bonds is 11. The normalized spacial score (nSPS) is 10.6. The molecule has 0 aliphatic carbocycles. The summed E-state index contributed by atoms with van der Waals surface area (Å²) in [4.78, 5) is 25.1. The summed E-state index contributed by atoms with van der Waals surface area (Å²) in [5.41, 5.74) is 1.59. The van der Waals surface area contributed by atoms with Crippen LogP contribution in [0.4, 0.5) is 10.1 Å². The molecule has 0 aliphatic rings. The average molecular weight is 536 g/mol. The van der Waals surface area contributed by atoms with E-state index >= 15 is 0 Å². The Hall–Kier alpha value is -4.38. The van der Waals surface area contributed by atoms with Crippen molar-refractivity contribution in [2.45, 2.75) is 18.1 Å². The fraction of sp³-hybridized carbons (Fsp3) is 0.185. The molecular formula is C27H26FN5O4S. The number of halogens is 1. The third-order valence-corrected chi connectivity index (χ3v) is 6.40. The summed E-state index contributed by atoms with van der Waals surface area (Å²) >= 11 is 1.13. The Kier molecular flexibility index (Phi) is 8.94. The molecule has 1 aromatic heterocycles. The van der Waals surface area contributed by atoms with E-state index in [9.17, 15) is 14.0 Å². The Labute approximate surface area is 223 Å². The minimum Gasteiger partial charge on any atom is -0.497 e. The van der Waals surface area contributed by atoms with Crippen molar-refractivity contribution in [3.63, 3.8) is 0 Å². The summed E-state index contributed by atoms with van der Waals surface area (Å²) in [6.45, 7) is 0.0992. The number of methoxy groups -OCH3 is 2. The van der Waals surface area contributed by atoms with Crippen LogP contribution in [0.3, 0.4) is 0 Å². The van der Waals surface area contributed by atoms with Crippen LogP contribution in [0.2, 0.25) is 0 Å². The standard InChI is InChI=1S/C27H26FN5O4S/c1-36-19-13-11-18(12-14-19)15-25(34)29-16-24-31-32-27(33(24)22-9-5-6-10-23(22)37-2)38-17-26(35)30-21-8-4-3-7-20(21)28/h3-14H,15-17H2,1-2H3,(H,29,34)(H,30,35). The molecule has 38 heavy (non-hydrogen) atoms. The predicted octanol–water partition coefficient (Wildman–Crippen LogP) is 4.01. The second-order valence-electron chi connectivity index (χ2n) is 8.02. The zero-order chi connectivity index (χ0) is 26.9. The molecule has 0 atom stereocenters. The third-order valence-electron chi connectivity index (χ3n) is 5.47. The largest absolute Gasteiger partial charge is 0.497 e. The monoisotopic (exact) mass is 535 g/mol. The lowest BCUT2D eigenvalue weighted by Crippen LogP contribution is -2.26. The predicted molar refractivity (Wildman–Crippen MR) is 142 cm³/mol. The van der Waals surface area contributed by atoms with E-state index in [-0.39, 0.29) is 30.3 Å². The molecule has 0 radical (unpaired) electrons. The van der Waals surface area contributed by atoms with Gasteiger partial charge in [0.2, 0.25) is 11.8 Å². The molecule has 0 fully saturated rings. The molecule has 11 heteroatoms. The summed E-state index contributed by atoms with van der Waals surface area (Å²) in [5, 5.41) is 14.4. The Morgan fingerprint density at radius 1 is 0.921 bits per heavy atom. The van der Waals surface area contributed by atoms with Crippen molar-refractivity contribution < 1.29 is 23.5 Å². The maximum Gasteiger partial charge on any atom is 0.234 e. The van der Waals surface area contributed by atoms with E-state index in [1.54, 1.807) is 49.1 Å². The lowest BCUT2D eigenvalue weighted by molar-refractivity contribution is -0.120. The maximum atomic E-state index is 13.9. The van der Waals surface area contributed by atoms with E-state index in [1.165, 1.54) is 12.1 Å². The number of thioether (sulfide) groups is 1. The number of benzene rings is 3. The Balaban J connectivity index is 1.49. The highest BCUT2D eigenvalue weighted by atomic mass is 32.2. The maximum absolute atomic E-state index is 13.9. The minimum absolute atomic E-state index is 0.0363. The molecule has 4 aromatic rings. The van der Waals surface area contributed by atoms with Crippen molar-refractivity contribution in [3.8, 4) is 17.2 Å². The molecule has 0 saturated carbocycles. The molecule has 0 saturated heterocycles. The molecule has 1 heterocycles. The van der Waals surface area contributed by atoms with Gasteiger partial charge >= 0.3 is 0 Å². The molecule has 0 aliphatic heterocycles. The molecule has 9 nitrogen and oxygen atoms in total. The van der Waals surface area contributed by atoms with Crippen molar-refractivity contribution in [2.24, 2.45) is 0 Å². The van der Waals surface area contributed by atoms with Gasteiger partial charge in [-0.15, -0.1) is 10.2 Å². The minimum atomic E-state index is -0.518. The highest BCUT2D eigenvalue weighted by Gasteiger charge is 2.19. The quantitative estimate of drug-likeness (QED) is 0.280. The second kappa shape index (κ2) is 12.7. The SMILES string of the molecule is COc1ccc(CC(=O)NCc2nnc(SCC(=O)Nc3ccccc3F)n2-c2ccccc2OC)cc1. The van der Waals surface area contributed by atoms with Crippen LogP contribution in [0.25, 0.3) is 5.69 Å². The molecule has 0 unspecified atom stereocenters. The third kappa shape index (κ3) is 6.68. The van der Waals surface area contributed by atoms with Crippen LogP contribution in [0.1, 0.15) is 11.4 Å². The fourth-order valence-corrected chi connectivity index (χ4v) is 4.38. The second-order valence-corrected chi connectivity index (χ2v) is 8.97. The molecule has 0 spiro atoms. The highest BCUT2D eigenvalue weighted by Crippen LogP contribution is 2.29. The first-order valence-electron chi connectivity index (χ1n) is 11.6. The van der Waals surface area contributed by atoms with Crippen LogP contribution < -0.4 is 20.1 Å². The summed E-state index contributed by atoms with van der Waals surface area (Å²) in [6.07, 6.45) is 0.185. The van der Waals surface area contributed by atoms with Gasteiger partial charge in [-0.25, -0.2) is 4.39 Å².